The number of benzene rings is 1. The summed E-state index contributed by atoms with van der Waals surface area (Å²) in [6, 6.07) is 8.35. The highest BCUT2D eigenvalue weighted by atomic mass is 79.9. The first-order valence-corrected chi connectivity index (χ1v) is 8.17. The SMILES string of the molecule is CC1CCC(C(C)C)C(O)(Cc2cccc(Br)c2)C1. The molecule has 1 aliphatic carbocycles. The van der Waals surface area contributed by atoms with Crippen molar-refractivity contribution in [3.63, 3.8) is 0 Å². The smallest absolute Gasteiger partial charge is 0.0720 e. The molecule has 0 radical (unpaired) electrons. The van der Waals surface area contributed by atoms with Crippen LogP contribution >= 0.6 is 15.9 Å². The maximum Gasteiger partial charge on any atom is 0.0720 e. The van der Waals surface area contributed by atoms with E-state index < -0.39 is 5.60 Å². The van der Waals surface area contributed by atoms with Crippen LogP contribution in [0.25, 0.3) is 0 Å². The van der Waals surface area contributed by atoms with Crippen molar-refractivity contribution < 1.29 is 5.11 Å². The van der Waals surface area contributed by atoms with Crippen molar-refractivity contribution in [2.45, 2.75) is 52.1 Å². The number of hydrogen-bond donors (Lipinski definition) is 1. The minimum absolute atomic E-state index is 0.419. The second-order valence-electron chi connectivity index (χ2n) is 6.65. The molecular formula is C17H25BrO. The molecule has 0 saturated heterocycles. The van der Waals surface area contributed by atoms with Crippen LogP contribution in [0.3, 0.4) is 0 Å². The highest BCUT2D eigenvalue weighted by molar-refractivity contribution is 9.10. The van der Waals surface area contributed by atoms with Gasteiger partial charge in [-0.1, -0.05) is 55.3 Å². The van der Waals surface area contributed by atoms with Gasteiger partial charge in [-0.15, -0.1) is 0 Å². The van der Waals surface area contributed by atoms with Gasteiger partial charge in [-0.05, 0) is 48.3 Å². The van der Waals surface area contributed by atoms with Crippen LogP contribution in [0.2, 0.25) is 0 Å². The van der Waals surface area contributed by atoms with E-state index in [0.29, 0.717) is 17.8 Å². The molecule has 1 aromatic carbocycles. The van der Waals surface area contributed by atoms with Gasteiger partial charge >= 0.3 is 0 Å². The van der Waals surface area contributed by atoms with E-state index in [4.69, 9.17) is 0 Å². The Morgan fingerprint density at radius 3 is 2.74 bits per heavy atom. The van der Waals surface area contributed by atoms with E-state index in [0.717, 1.165) is 23.7 Å². The summed E-state index contributed by atoms with van der Waals surface area (Å²) in [5.74, 6) is 1.60. The summed E-state index contributed by atoms with van der Waals surface area (Å²) < 4.78 is 1.10. The second kappa shape index (κ2) is 5.97. The number of aliphatic hydroxyl groups is 1. The maximum atomic E-state index is 11.2. The Morgan fingerprint density at radius 1 is 1.37 bits per heavy atom. The Hall–Kier alpha value is -0.340. The normalized spacial score (nSPS) is 31.7. The van der Waals surface area contributed by atoms with Gasteiger partial charge in [-0.3, -0.25) is 0 Å². The molecule has 3 unspecified atom stereocenters. The fourth-order valence-electron chi connectivity index (χ4n) is 3.75. The lowest BCUT2D eigenvalue weighted by Gasteiger charge is -2.45. The average molecular weight is 325 g/mol. The van der Waals surface area contributed by atoms with Crippen LogP contribution < -0.4 is 0 Å². The topological polar surface area (TPSA) is 20.2 Å². The molecule has 1 nitrogen and oxygen atoms in total. The number of rotatable bonds is 3. The van der Waals surface area contributed by atoms with Gasteiger partial charge < -0.3 is 5.11 Å². The molecule has 0 aliphatic heterocycles. The molecular weight excluding hydrogens is 300 g/mol. The van der Waals surface area contributed by atoms with Gasteiger partial charge in [-0.2, -0.15) is 0 Å². The summed E-state index contributed by atoms with van der Waals surface area (Å²) in [4.78, 5) is 0. The van der Waals surface area contributed by atoms with E-state index in [1.807, 2.05) is 6.07 Å². The molecule has 0 aromatic heterocycles. The van der Waals surface area contributed by atoms with Crippen molar-refractivity contribution in [2.24, 2.45) is 17.8 Å². The van der Waals surface area contributed by atoms with Gasteiger partial charge in [-0.25, -0.2) is 0 Å². The first-order chi connectivity index (χ1) is 8.90. The van der Waals surface area contributed by atoms with Gasteiger partial charge in [0.25, 0.3) is 0 Å². The quantitative estimate of drug-likeness (QED) is 0.845. The summed E-state index contributed by atoms with van der Waals surface area (Å²) in [5.41, 5.74) is 0.698. The standard InChI is InChI=1S/C17H25BrO/c1-12(2)16-8-7-13(3)10-17(16,19)11-14-5-4-6-15(18)9-14/h4-6,9,12-13,16,19H,7-8,10-11H2,1-3H3. The molecule has 1 aliphatic rings. The van der Waals surface area contributed by atoms with Crippen molar-refractivity contribution in [1.82, 2.24) is 0 Å². The lowest BCUT2D eigenvalue weighted by atomic mass is 9.65. The average Bonchev–Trinajstić information content (AvgIpc) is 2.27. The van der Waals surface area contributed by atoms with Crippen molar-refractivity contribution in [1.29, 1.82) is 0 Å². The van der Waals surface area contributed by atoms with Gasteiger partial charge in [0.2, 0.25) is 0 Å². The fourth-order valence-corrected chi connectivity index (χ4v) is 4.19. The summed E-state index contributed by atoms with van der Waals surface area (Å²) >= 11 is 3.52. The highest BCUT2D eigenvalue weighted by Crippen LogP contribution is 2.42. The van der Waals surface area contributed by atoms with Crippen LogP contribution in [0.4, 0.5) is 0 Å². The lowest BCUT2D eigenvalue weighted by Crippen LogP contribution is -2.47. The van der Waals surface area contributed by atoms with E-state index in [-0.39, 0.29) is 0 Å². The van der Waals surface area contributed by atoms with Crippen LogP contribution in [-0.4, -0.2) is 10.7 Å². The second-order valence-corrected chi connectivity index (χ2v) is 7.56. The van der Waals surface area contributed by atoms with E-state index >= 15 is 0 Å². The zero-order chi connectivity index (χ0) is 14.0. The van der Waals surface area contributed by atoms with Crippen molar-refractivity contribution in [3.05, 3.63) is 34.3 Å². The molecule has 1 saturated carbocycles. The Kier molecular flexibility index (Phi) is 4.73. The van der Waals surface area contributed by atoms with Crippen LogP contribution in [0.15, 0.2) is 28.7 Å². The maximum absolute atomic E-state index is 11.2. The molecule has 3 atom stereocenters. The zero-order valence-electron chi connectivity index (χ0n) is 12.2. The Morgan fingerprint density at radius 2 is 2.11 bits per heavy atom. The molecule has 2 rings (SSSR count). The predicted octanol–water partition coefficient (Wildman–Crippen LogP) is 4.81. The molecule has 0 spiro atoms. The molecule has 1 aromatic rings. The summed E-state index contributed by atoms with van der Waals surface area (Å²) in [7, 11) is 0. The third kappa shape index (κ3) is 3.61. The van der Waals surface area contributed by atoms with Gasteiger partial charge in [0, 0.05) is 10.9 Å². The fraction of sp³-hybridized carbons (Fsp3) is 0.647. The molecule has 0 amide bonds. The highest BCUT2D eigenvalue weighted by Gasteiger charge is 2.42. The zero-order valence-corrected chi connectivity index (χ0v) is 13.8. The third-order valence-electron chi connectivity index (χ3n) is 4.57. The third-order valence-corrected chi connectivity index (χ3v) is 5.06. The first kappa shape index (κ1) is 15.1. The Labute approximate surface area is 125 Å². The molecule has 0 heterocycles. The van der Waals surface area contributed by atoms with E-state index in [1.165, 1.54) is 12.0 Å². The van der Waals surface area contributed by atoms with Gasteiger partial charge in [0.1, 0.15) is 0 Å². The Balaban J connectivity index is 2.21. The van der Waals surface area contributed by atoms with E-state index in [2.05, 4.69) is 54.9 Å². The summed E-state index contributed by atoms with van der Waals surface area (Å²) in [5, 5.41) is 11.2. The molecule has 1 fully saturated rings. The van der Waals surface area contributed by atoms with Crippen LogP contribution in [0, 0.1) is 17.8 Å². The monoisotopic (exact) mass is 324 g/mol. The van der Waals surface area contributed by atoms with Crippen LogP contribution in [-0.2, 0) is 6.42 Å². The largest absolute Gasteiger partial charge is 0.389 e. The molecule has 0 bridgehead atoms. The minimum atomic E-state index is -0.535. The Bertz CT molecular complexity index is 429. The van der Waals surface area contributed by atoms with Crippen LogP contribution in [0.5, 0.6) is 0 Å². The van der Waals surface area contributed by atoms with Crippen molar-refractivity contribution >= 4 is 15.9 Å². The first-order valence-electron chi connectivity index (χ1n) is 7.37. The van der Waals surface area contributed by atoms with E-state index in [1.54, 1.807) is 0 Å². The van der Waals surface area contributed by atoms with Crippen molar-refractivity contribution in [2.75, 3.05) is 0 Å². The lowest BCUT2D eigenvalue weighted by molar-refractivity contribution is -0.0795. The number of halogens is 1. The minimum Gasteiger partial charge on any atom is -0.389 e. The van der Waals surface area contributed by atoms with E-state index in [9.17, 15) is 5.11 Å². The molecule has 106 valence electrons. The predicted molar refractivity (Wildman–Crippen MR) is 84.1 cm³/mol. The molecule has 1 N–H and O–H groups in total. The van der Waals surface area contributed by atoms with Crippen LogP contribution in [0.1, 0.15) is 45.6 Å². The van der Waals surface area contributed by atoms with Gasteiger partial charge in [0.15, 0.2) is 0 Å². The molecule has 19 heavy (non-hydrogen) atoms. The summed E-state index contributed by atoms with van der Waals surface area (Å²) in [6.07, 6.45) is 4.12. The van der Waals surface area contributed by atoms with Gasteiger partial charge in [0.05, 0.1) is 5.60 Å². The van der Waals surface area contributed by atoms with Crippen molar-refractivity contribution in [3.8, 4) is 0 Å². The number of hydrogen-bond acceptors (Lipinski definition) is 1. The summed E-state index contributed by atoms with van der Waals surface area (Å²) in [6.45, 7) is 6.75. The molecule has 2 heteroatoms.